The van der Waals surface area contributed by atoms with Gasteiger partial charge in [-0.15, -0.1) is 0 Å². The van der Waals surface area contributed by atoms with Crippen LogP contribution in [0, 0.1) is 0 Å². The number of imide groups is 1. The minimum absolute atomic E-state index is 0.0631. The average Bonchev–Trinajstić information content (AvgIpc) is 2.88. The lowest BCUT2D eigenvalue weighted by Crippen LogP contribution is -2.30. The second kappa shape index (κ2) is 7.36. The number of carbonyl (C=O) groups excluding carboxylic acids is 3. The zero-order valence-electron chi connectivity index (χ0n) is 13.2. The van der Waals surface area contributed by atoms with Crippen LogP contribution in [-0.4, -0.2) is 28.6 Å². The summed E-state index contributed by atoms with van der Waals surface area (Å²) in [5.41, 5.74) is 1.77. The van der Waals surface area contributed by atoms with Crippen LogP contribution in [0.4, 0.5) is 4.79 Å². The van der Waals surface area contributed by atoms with E-state index >= 15 is 0 Å². The number of thioether (sulfide) groups is 1. The molecule has 1 saturated heterocycles. The van der Waals surface area contributed by atoms with Crippen molar-refractivity contribution >= 4 is 35.0 Å². The van der Waals surface area contributed by atoms with E-state index in [1.165, 1.54) is 17.0 Å². The van der Waals surface area contributed by atoms with E-state index in [4.69, 9.17) is 0 Å². The normalized spacial score (nSPS) is 15.8. The van der Waals surface area contributed by atoms with Crippen molar-refractivity contribution < 1.29 is 19.5 Å². The van der Waals surface area contributed by atoms with Crippen LogP contribution in [0.5, 0.6) is 0 Å². The molecule has 0 aliphatic carbocycles. The summed E-state index contributed by atoms with van der Waals surface area (Å²) in [6.45, 7) is 0.329. The Kier molecular flexibility index (Phi) is 5.00. The Labute approximate surface area is 149 Å². The summed E-state index contributed by atoms with van der Waals surface area (Å²) < 4.78 is 0. The molecule has 25 heavy (non-hydrogen) atoms. The molecule has 0 unspecified atom stereocenters. The third-order valence-corrected chi connectivity index (χ3v) is 4.69. The summed E-state index contributed by atoms with van der Waals surface area (Å²) in [6.07, 6.45) is 2.19. The second-order valence-corrected chi connectivity index (χ2v) is 6.47. The summed E-state index contributed by atoms with van der Waals surface area (Å²) >= 11 is 0.892. The van der Waals surface area contributed by atoms with Gasteiger partial charge in [0.1, 0.15) is 0 Å². The average molecular weight is 352 g/mol. The molecule has 2 aromatic rings. The molecule has 1 aliphatic heterocycles. The predicted molar refractivity (Wildman–Crippen MR) is 93.6 cm³/mol. The van der Waals surface area contributed by atoms with Gasteiger partial charge in [-0.1, -0.05) is 54.6 Å². The van der Waals surface area contributed by atoms with Gasteiger partial charge < -0.3 is 9.90 Å². The van der Waals surface area contributed by atoms with E-state index < -0.39 is 5.97 Å². The summed E-state index contributed by atoms with van der Waals surface area (Å²) in [5.74, 6) is -1.58. The molecule has 0 N–H and O–H groups in total. The Bertz CT molecular complexity index is 843. The van der Waals surface area contributed by atoms with Gasteiger partial charge in [-0.2, -0.15) is 0 Å². The molecule has 3 rings (SSSR count). The molecule has 1 heterocycles. The number of carboxylic acids is 1. The number of rotatable bonds is 5. The van der Waals surface area contributed by atoms with Crippen molar-refractivity contribution in [3.05, 3.63) is 76.2 Å². The first-order chi connectivity index (χ1) is 12.0. The molecule has 126 valence electrons. The Balaban J connectivity index is 1.70. The van der Waals surface area contributed by atoms with Crippen molar-refractivity contribution in [3.8, 4) is 0 Å². The Hall–Kier alpha value is -2.86. The fourth-order valence-electron chi connectivity index (χ4n) is 2.45. The first-order valence-corrected chi connectivity index (χ1v) is 8.47. The molecule has 2 aromatic carbocycles. The highest BCUT2D eigenvalue weighted by Gasteiger charge is 2.34. The number of aromatic carboxylic acids is 1. The van der Waals surface area contributed by atoms with E-state index in [1.54, 1.807) is 18.2 Å². The molecule has 0 spiro atoms. The minimum atomic E-state index is -1.26. The summed E-state index contributed by atoms with van der Waals surface area (Å²) in [5, 5.41) is 10.5. The second-order valence-electron chi connectivity index (χ2n) is 5.48. The highest BCUT2D eigenvalue weighted by atomic mass is 32.2. The number of hydrogen-bond acceptors (Lipinski definition) is 5. The highest BCUT2D eigenvalue weighted by Crippen LogP contribution is 2.32. The SMILES string of the molecule is O=C([O-])c1ccc(/C=C2\SC(=O)N(CCc3ccccc3)C2=O)cc1. The first kappa shape index (κ1) is 17.0. The number of benzene rings is 2. The summed E-state index contributed by atoms with van der Waals surface area (Å²) in [6, 6.07) is 15.6. The van der Waals surface area contributed by atoms with Crippen molar-refractivity contribution in [2.24, 2.45) is 0 Å². The molecule has 0 radical (unpaired) electrons. The topological polar surface area (TPSA) is 77.5 Å². The first-order valence-electron chi connectivity index (χ1n) is 7.65. The molecular weight excluding hydrogens is 338 g/mol. The molecule has 0 aromatic heterocycles. The molecule has 5 nitrogen and oxygen atoms in total. The predicted octanol–water partition coefficient (Wildman–Crippen LogP) is 2.33. The Morgan fingerprint density at radius 2 is 1.72 bits per heavy atom. The smallest absolute Gasteiger partial charge is 0.293 e. The third kappa shape index (κ3) is 3.97. The van der Waals surface area contributed by atoms with Crippen LogP contribution in [0.1, 0.15) is 21.5 Å². The highest BCUT2D eigenvalue weighted by molar-refractivity contribution is 8.18. The lowest BCUT2D eigenvalue weighted by atomic mass is 10.1. The lowest BCUT2D eigenvalue weighted by Gasteiger charge is -2.12. The van der Waals surface area contributed by atoms with E-state index in [9.17, 15) is 19.5 Å². The van der Waals surface area contributed by atoms with E-state index in [0.717, 1.165) is 17.3 Å². The summed E-state index contributed by atoms with van der Waals surface area (Å²) in [4.78, 5) is 36.8. The molecule has 6 heteroatoms. The van der Waals surface area contributed by atoms with E-state index in [1.807, 2.05) is 30.3 Å². The van der Waals surface area contributed by atoms with E-state index in [0.29, 0.717) is 23.4 Å². The molecular formula is C19H14NO4S-. The Morgan fingerprint density at radius 1 is 1.04 bits per heavy atom. The largest absolute Gasteiger partial charge is 0.545 e. The van der Waals surface area contributed by atoms with Crippen LogP contribution in [0.15, 0.2) is 59.5 Å². The van der Waals surface area contributed by atoms with Crippen molar-refractivity contribution in [2.45, 2.75) is 6.42 Å². The van der Waals surface area contributed by atoms with Crippen molar-refractivity contribution in [1.82, 2.24) is 4.90 Å². The fraction of sp³-hybridized carbons (Fsp3) is 0.105. The van der Waals surface area contributed by atoms with Gasteiger partial charge in [0.15, 0.2) is 0 Å². The maximum Gasteiger partial charge on any atom is 0.293 e. The molecule has 1 aliphatic rings. The van der Waals surface area contributed by atoms with Gasteiger partial charge >= 0.3 is 0 Å². The molecule has 0 bridgehead atoms. The van der Waals surface area contributed by atoms with Crippen molar-refractivity contribution in [3.63, 3.8) is 0 Å². The minimum Gasteiger partial charge on any atom is -0.545 e. The van der Waals surface area contributed by atoms with Crippen LogP contribution in [-0.2, 0) is 11.2 Å². The van der Waals surface area contributed by atoms with E-state index in [2.05, 4.69) is 0 Å². The number of hydrogen-bond donors (Lipinski definition) is 0. The summed E-state index contributed by atoms with van der Waals surface area (Å²) in [7, 11) is 0. The number of nitrogens with zero attached hydrogens (tertiary/aromatic N) is 1. The third-order valence-electron chi connectivity index (χ3n) is 3.78. The maximum atomic E-state index is 12.4. The molecule has 0 atom stereocenters. The van der Waals surface area contributed by atoms with Crippen LogP contribution < -0.4 is 5.11 Å². The Morgan fingerprint density at radius 3 is 2.36 bits per heavy atom. The number of carboxylic acid groups (broad SMARTS) is 1. The zero-order valence-corrected chi connectivity index (χ0v) is 14.0. The van der Waals surface area contributed by atoms with Gasteiger partial charge in [-0.25, -0.2) is 0 Å². The van der Waals surface area contributed by atoms with Crippen molar-refractivity contribution in [2.75, 3.05) is 6.54 Å². The van der Waals surface area contributed by atoms with Gasteiger partial charge in [0, 0.05) is 6.54 Å². The van der Waals surface area contributed by atoms with Crippen LogP contribution >= 0.6 is 11.8 Å². The van der Waals surface area contributed by atoms with Gasteiger partial charge in [0.2, 0.25) is 0 Å². The quantitative estimate of drug-likeness (QED) is 0.772. The maximum absolute atomic E-state index is 12.4. The fourth-order valence-corrected chi connectivity index (χ4v) is 3.31. The van der Waals surface area contributed by atoms with Gasteiger partial charge in [-0.3, -0.25) is 14.5 Å². The van der Waals surface area contributed by atoms with Gasteiger partial charge in [-0.05, 0) is 40.9 Å². The lowest BCUT2D eigenvalue weighted by molar-refractivity contribution is -0.255. The molecule has 0 saturated carbocycles. The number of carbonyl (C=O) groups is 3. The monoisotopic (exact) mass is 352 g/mol. The van der Waals surface area contributed by atoms with Gasteiger partial charge in [0.05, 0.1) is 10.9 Å². The standard InChI is InChI=1S/C19H15NO4S/c21-17-16(12-14-6-8-15(9-7-14)18(22)23)25-19(24)20(17)11-10-13-4-2-1-3-5-13/h1-9,12H,10-11H2,(H,22,23)/p-1/b16-12-. The number of amides is 2. The zero-order chi connectivity index (χ0) is 17.8. The molecule has 1 fully saturated rings. The van der Waals surface area contributed by atoms with Crippen molar-refractivity contribution in [1.29, 1.82) is 0 Å². The van der Waals surface area contributed by atoms with Gasteiger partial charge in [0.25, 0.3) is 11.1 Å². The van der Waals surface area contributed by atoms with Crippen LogP contribution in [0.3, 0.4) is 0 Å². The molecule has 2 amide bonds. The van der Waals surface area contributed by atoms with Crippen LogP contribution in [0.2, 0.25) is 0 Å². The van der Waals surface area contributed by atoms with E-state index in [-0.39, 0.29) is 16.7 Å². The van der Waals surface area contributed by atoms with Crippen LogP contribution in [0.25, 0.3) is 6.08 Å².